The van der Waals surface area contributed by atoms with Gasteiger partial charge in [-0.2, -0.15) is 0 Å². The van der Waals surface area contributed by atoms with Crippen LogP contribution in [-0.2, 0) is 11.2 Å². The predicted molar refractivity (Wildman–Crippen MR) is 84.9 cm³/mol. The van der Waals surface area contributed by atoms with Gasteiger partial charge in [0.25, 0.3) is 5.91 Å². The van der Waals surface area contributed by atoms with Crippen LogP contribution in [-0.4, -0.2) is 25.6 Å². The Bertz CT molecular complexity index is 436. The number of carbonyl (C=O) groups is 1. The molecule has 0 atom stereocenters. The number of nitrogens with two attached hydrogens (primary N) is 1. The highest BCUT2D eigenvalue weighted by Gasteiger charge is 2.06. The fourth-order valence-corrected chi connectivity index (χ4v) is 2.22. The van der Waals surface area contributed by atoms with Crippen LogP contribution in [0.3, 0.4) is 0 Å². The van der Waals surface area contributed by atoms with Gasteiger partial charge in [0.05, 0.1) is 4.47 Å². The summed E-state index contributed by atoms with van der Waals surface area (Å²) >= 11 is 3.44. The normalized spacial score (nSPS) is 10.7. The fraction of sp³-hybridized carbons (Fsp3) is 0.533. The van der Waals surface area contributed by atoms with Crippen LogP contribution in [0.2, 0.25) is 0 Å². The second-order valence-corrected chi connectivity index (χ2v) is 5.98. The van der Waals surface area contributed by atoms with Gasteiger partial charge in [0, 0.05) is 6.54 Å². The minimum Gasteiger partial charge on any atom is -0.483 e. The van der Waals surface area contributed by atoms with Crippen molar-refractivity contribution in [2.75, 3.05) is 19.7 Å². The second kappa shape index (κ2) is 8.97. The third kappa shape index (κ3) is 6.39. The van der Waals surface area contributed by atoms with Crippen molar-refractivity contribution in [2.24, 2.45) is 11.7 Å². The molecule has 0 saturated heterocycles. The Morgan fingerprint density at radius 1 is 1.45 bits per heavy atom. The number of nitrogens with one attached hydrogen (secondary N) is 1. The smallest absolute Gasteiger partial charge is 0.257 e. The van der Waals surface area contributed by atoms with E-state index in [4.69, 9.17) is 10.5 Å². The van der Waals surface area contributed by atoms with Crippen molar-refractivity contribution in [1.29, 1.82) is 0 Å². The first-order valence-electron chi connectivity index (χ1n) is 6.91. The molecule has 1 amide bonds. The van der Waals surface area contributed by atoms with Gasteiger partial charge in [-0.1, -0.05) is 19.9 Å². The molecule has 0 bridgehead atoms. The van der Waals surface area contributed by atoms with Gasteiger partial charge in [-0.05, 0) is 58.9 Å². The van der Waals surface area contributed by atoms with Crippen molar-refractivity contribution in [1.82, 2.24) is 5.32 Å². The first-order chi connectivity index (χ1) is 9.52. The van der Waals surface area contributed by atoms with Gasteiger partial charge in [-0.3, -0.25) is 4.79 Å². The molecule has 0 aromatic heterocycles. The van der Waals surface area contributed by atoms with Gasteiger partial charge >= 0.3 is 0 Å². The molecule has 3 N–H and O–H groups in total. The van der Waals surface area contributed by atoms with Gasteiger partial charge in [0.15, 0.2) is 6.61 Å². The average molecular weight is 343 g/mol. The van der Waals surface area contributed by atoms with Gasteiger partial charge in [0.2, 0.25) is 0 Å². The van der Waals surface area contributed by atoms with Crippen LogP contribution in [0, 0.1) is 5.92 Å². The van der Waals surface area contributed by atoms with Gasteiger partial charge in [-0.25, -0.2) is 0 Å². The molecule has 20 heavy (non-hydrogen) atoms. The molecule has 4 nitrogen and oxygen atoms in total. The summed E-state index contributed by atoms with van der Waals surface area (Å²) in [5.41, 5.74) is 6.66. The van der Waals surface area contributed by atoms with Crippen LogP contribution >= 0.6 is 15.9 Å². The third-order valence-electron chi connectivity index (χ3n) is 2.83. The quantitative estimate of drug-likeness (QED) is 0.762. The molecule has 0 fully saturated rings. The summed E-state index contributed by atoms with van der Waals surface area (Å²) in [4.78, 5) is 11.6. The molecule has 1 rings (SSSR count). The Morgan fingerprint density at radius 2 is 2.20 bits per heavy atom. The van der Waals surface area contributed by atoms with Crippen molar-refractivity contribution >= 4 is 21.8 Å². The monoisotopic (exact) mass is 342 g/mol. The zero-order valence-electron chi connectivity index (χ0n) is 12.1. The maximum absolute atomic E-state index is 11.6. The summed E-state index contributed by atoms with van der Waals surface area (Å²) in [5.74, 6) is 1.16. The fourth-order valence-electron chi connectivity index (χ4n) is 1.68. The summed E-state index contributed by atoms with van der Waals surface area (Å²) in [6.45, 7) is 5.60. The van der Waals surface area contributed by atoms with E-state index in [9.17, 15) is 4.79 Å². The minimum absolute atomic E-state index is 0.0347. The Labute approximate surface area is 129 Å². The molecule has 0 aliphatic heterocycles. The van der Waals surface area contributed by atoms with Gasteiger partial charge in [0.1, 0.15) is 5.75 Å². The average Bonchev–Trinajstić information content (AvgIpc) is 2.37. The van der Waals surface area contributed by atoms with Crippen molar-refractivity contribution in [2.45, 2.75) is 26.7 Å². The van der Waals surface area contributed by atoms with Crippen molar-refractivity contribution < 1.29 is 9.53 Å². The molecule has 5 heteroatoms. The van der Waals surface area contributed by atoms with Crippen molar-refractivity contribution in [3.63, 3.8) is 0 Å². The highest BCUT2D eigenvalue weighted by atomic mass is 79.9. The summed E-state index contributed by atoms with van der Waals surface area (Å²) in [6.07, 6.45) is 1.80. The number of carbonyl (C=O) groups excluding carboxylic acids is 1. The van der Waals surface area contributed by atoms with Crippen LogP contribution in [0.15, 0.2) is 22.7 Å². The molecule has 0 spiro atoms. The number of rotatable bonds is 8. The molecule has 0 saturated carbocycles. The molecule has 0 heterocycles. The number of ether oxygens (including phenoxy) is 1. The molecular weight excluding hydrogens is 320 g/mol. The van der Waals surface area contributed by atoms with E-state index in [-0.39, 0.29) is 12.5 Å². The lowest BCUT2D eigenvalue weighted by molar-refractivity contribution is -0.123. The highest BCUT2D eigenvalue weighted by Crippen LogP contribution is 2.26. The molecule has 0 radical (unpaired) electrons. The Morgan fingerprint density at radius 3 is 2.80 bits per heavy atom. The zero-order valence-corrected chi connectivity index (χ0v) is 13.7. The van der Waals surface area contributed by atoms with E-state index < -0.39 is 0 Å². The van der Waals surface area contributed by atoms with E-state index in [1.165, 1.54) is 0 Å². The molecular formula is C15H23BrN2O2. The van der Waals surface area contributed by atoms with Crippen molar-refractivity contribution in [3.8, 4) is 5.75 Å². The topological polar surface area (TPSA) is 64.3 Å². The van der Waals surface area contributed by atoms with E-state index >= 15 is 0 Å². The number of hydrogen-bond donors (Lipinski definition) is 2. The van der Waals surface area contributed by atoms with Crippen LogP contribution < -0.4 is 15.8 Å². The lowest BCUT2D eigenvalue weighted by atomic mass is 10.1. The SMILES string of the molecule is CC(C)CCNC(=O)COc1ccc(CCN)cc1Br. The van der Waals surface area contributed by atoms with Gasteiger partial charge in [-0.15, -0.1) is 0 Å². The number of benzene rings is 1. The summed E-state index contributed by atoms with van der Waals surface area (Å²) in [6, 6.07) is 5.79. The highest BCUT2D eigenvalue weighted by molar-refractivity contribution is 9.10. The van der Waals surface area contributed by atoms with Crippen LogP contribution in [0.25, 0.3) is 0 Å². The van der Waals surface area contributed by atoms with Gasteiger partial charge < -0.3 is 15.8 Å². The van der Waals surface area contributed by atoms with E-state index in [1.54, 1.807) is 0 Å². The van der Waals surface area contributed by atoms with Crippen LogP contribution in [0.5, 0.6) is 5.75 Å². The third-order valence-corrected chi connectivity index (χ3v) is 3.45. The van der Waals surface area contributed by atoms with E-state index in [0.717, 1.165) is 22.9 Å². The zero-order chi connectivity index (χ0) is 15.0. The lowest BCUT2D eigenvalue weighted by Crippen LogP contribution is -2.30. The first kappa shape index (κ1) is 17.0. The molecule has 1 aromatic carbocycles. The Hall–Kier alpha value is -1.07. The van der Waals surface area contributed by atoms with E-state index in [1.807, 2.05) is 18.2 Å². The van der Waals surface area contributed by atoms with Crippen molar-refractivity contribution in [3.05, 3.63) is 28.2 Å². The number of hydrogen-bond acceptors (Lipinski definition) is 3. The van der Waals surface area contributed by atoms with Crippen LogP contribution in [0.1, 0.15) is 25.8 Å². The summed E-state index contributed by atoms with van der Waals surface area (Å²) in [7, 11) is 0. The standard InChI is InChI=1S/C15H23BrN2O2/c1-11(2)6-8-18-15(19)10-20-14-4-3-12(5-7-17)9-13(14)16/h3-4,9,11H,5-8,10,17H2,1-2H3,(H,18,19). The maximum Gasteiger partial charge on any atom is 0.257 e. The largest absolute Gasteiger partial charge is 0.483 e. The van der Waals surface area contributed by atoms with E-state index in [0.29, 0.717) is 24.8 Å². The maximum atomic E-state index is 11.6. The lowest BCUT2D eigenvalue weighted by Gasteiger charge is -2.10. The predicted octanol–water partition coefficient (Wildman–Crippen LogP) is 2.49. The molecule has 0 unspecified atom stereocenters. The molecule has 1 aromatic rings. The van der Waals surface area contributed by atoms with E-state index in [2.05, 4.69) is 35.1 Å². The molecule has 0 aliphatic rings. The molecule has 0 aliphatic carbocycles. The Balaban J connectivity index is 2.39. The summed E-state index contributed by atoms with van der Waals surface area (Å²) < 4.78 is 6.34. The Kier molecular flexibility index (Phi) is 7.62. The first-order valence-corrected chi connectivity index (χ1v) is 7.70. The van der Waals surface area contributed by atoms with Crippen LogP contribution in [0.4, 0.5) is 0 Å². The number of halogens is 1. The second-order valence-electron chi connectivity index (χ2n) is 5.12. The minimum atomic E-state index is -0.0939. The summed E-state index contributed by atoms with van der Waals surface area (Å²) in [5, 5.41) is 2.84. The molecule has 112 valence electrons. The number of amides is 1.